The first-order chi connectivity index (χ1) is 12.3. The molecule has 0 saturated heterocycles. The lowest BCUT2D eigenvalue weighted by Crippen LogP contribution is -2.51. The van der Waals surface area contributed by atoms with E-state index in [-0.39, 0.29) is 30.8 Å². The summed E-state index contributed by atoms with van der Waals surface area (Å²) in [4.78, 5) is 12.4. The second kappa shape index (κ2) is 8.67. The van der Waals surface area contributed by atoms with Gasteiger partial charge in [0.25, 0.3) is 0 Å². The number of carbonyl (C=O) groups excluding carboxylic acids is 1. The molecule has 0 bridgehead atoms. The lowest BCUT2D eigenvalue weighted by Gasteiger charge is -2.32. The van der Waals surface area contributed by atoms with Crippen molar-refractivity contribution in [3.8, 4) is 0 Å². The molecule has 3 atom stereocenters. The molecule has 3 rings (SSSR count). The van der Waals surface area contributed by atoms with Crippen LogP contribution in [0.25, 0.3) is 0 Å². The summed E-state index contributed by atoms with van der Waals surface area (Å²) in [5, 5.41) is 19.9. The first-order valence-electron chi connectivity index (χ1n) is 8.97. The number of hydrogen-bond donors (Lipinski definition) is 3. The number of aliphatic hydroxyl groups is 1. The van der Waals surface area contributed by atoms with E-state index < -0.39 is 0 Å². The molecule has 6 nitrogen and oxygen atoms in total. The van der Waals surface area contributed by atoms with Crippen LogP contribution >= 0.6 is 0 Å². The van der Waals surface area contributed by atoms with Crippen molar-refractivity contribution in [3.63, 3.8) is 0 Å². The SMILES string of the molecule is O=C(NC1CCCCC1n1cccn1)N[C@H](CO)Cc1ccccc1. The lowest BCUT2D eigenvalue weighted by atomic mass is 9.90. The highest BCUT2D eigenvalue weighted by Crippen LogP contribution is 2.28. The molecule has 1 aliphatic rings. The van der Waals surface area contributed by atoms with Crippen LogP contribution in [0.5, 0.6) is 0 Å². The summed E-state index contributed by atoms with van der Waals surface area (Å²) in [6.45, 7) is -0.0877. The Morgan fingerprint density at radius 3 is 2.76 bits per heavy atom. The molecule has 1 aliphatic carbocycles. The van der Waals surface area contributed by atoms with Crippen LogP contribution in [0.1, 0.15) is 37.3 Å². The Morgan fingerprint density at radius 2 is 2.04 bits per heavy atom. The van der Waals surface area contributed by atoms with E-state index in [1.165, 1.54) is 0 Å². The second-order valence-electron chi connectivity index (χ2n) is 6.63. The molecule has 0 aliphatic heterocycles. The van der Waals surface area contributed by atoms with Gasteiger partial charge in [-0.2, -0.15) is 5.10 Å². The van der Waals surface area contributed by atoms with E-state index in [0.29, 0.717) is 6.42 Å². The van der Waals surface area contributed by atoms with E-state index in [9.17, 15) is 9.90 Å². The number of amides is 2. The van der Waals surface area contributed by atoms with Gasteiger partial charge in [0.2, 0.25) is 0 Å². The Labute approximate surface area is 148 Å². The summed E-state index contributed by atoms with van der Waals surface area (Å²) >= 11 is 0. The first kappa shape index (κ1) is 17.5. The Hall–Kier alpha value is -2.34. The summed E-state index contributed by atoms with van der Waals surface area (Å²) in [6, 6.07) is 11.5. The van der Waals surface area contributed by atoms with Gasteiger partial charge >= 0.3 is 6.03 Å². The van der Waals surface area contributed by atoms with E-state index in [0.717, 1.165) is 31.2 Å². The highest BCUT2D eigenvalue weighted by Gasteiger charge is 2.28. The summed E-state index contributed by atoms with van der Waals surface area (Å²) in [7, 11) is 0. The molecule has 1 fully saturated rings. The molecule has 134 valence electrons. The van der Waals surface area contributed by atoms with Crippen LogP contribution in [0.4, 0.5) is 4.79 Å². The maximum atomic E-state index is 12.4. The smallest absolute Gasteiger partial charge is 0.315 e. The fourth-order valence-corrected chi connectivity index (χ4v) is 3.53. The zero-order valence-electron chi connectivity index (χ0n) is 14.3. The predicted octanol–water partition coefficient (Wildman–Crippen LogP) is 2.27. The standard InChI is InChI=1S/C19H26N4O2/c24-14-16(13-15-7-2-1-3-8-15)21-19(25)22-17-9-4-5-10-18(17)23-12-6-11-20-23/h1-3,6-8,11-12,16-18,24H,4-5,9-10,13-14H2,(H2,21,22,25)/t16-,17?,18?/m0/s1. The topological polar surface area (TPSA) is 79.2 Å². The zero-order chi connectivity index (χ0) is 17.5. The van der Waals surface area contributed by atoms with Crippen LogP contribution in [0.2, 0.25) is 0 Å². The maximum Gasteiger partial charge on any atom is 0.315 e. The summed E-state index contributed by atoms with van der Waals surface area (Å²) < 4.78 is 1.94. The average molecular weight is 342 g/mol. The Bertz CT molecular complexity index is 645. The van der Waals surface area contributed by atoms with Crippen molar-refractivity contribution < 1.29 is 9.90 Å². The maximum absolute atomic E-state index is 12.4. The molecule has 0 radical (unpaired) electrons. The molecule has 2 amide bonds. The molecule has 3 N–H and O–H groups in total. The minimum absolute atomic E-state index is 0.0599. The van der Waals surface area contributed by atoms with Crippen molar-refractivity contribution in [1.29, 1.82) is 0 Å². The van der Waals surface area contributed by atoms with Gasteiger partial charge in [-0.1, -0.05) is 43.2 Å². The third-order valence-electron chi connectivity index (χ3n) is 4.79. The number of aromatic nitrogens is 2. The average Bonchev–Trinajstić information content (AvgIpc) is 3.17. The lowest BCUT2D eigenvalue weighted by molar-refractivity contribution is 0.198. The normalized spacial score (nSPS) is 21.5. The molecule has 1 aromatic heterocycles. The van der Waals surface area contributed by atoms with Gasteiger partial charge in [-0.05, 0) is 30.9 Å². The number of nitrogens with zero attached hydrogens (tertiary/aromatic N) is 2. The predicted molar refractivity (Wildman–Crippen MR) is 96.2 cm³/mol. The quantitative estimate of drug-likeness (QED) is 0.753. The van der Waals surface area contributed by atoms with Gasteiger partial charge in [-0.3, -0.25) is 4.68 Å². The number of aliphatic hydroxyl groups excluding tert-OH is 1. The highest BCUT2D eigenvalue weighted by atomic mass is 16.3. The van der Waals surface area contributed by atoms with Crippen molar-refractivity contribution >= 4 is 6.03 Å². The van der Waals surface area contributed by atoms with Gasteiger partial charge < -0.3 is 15.7 Å². The molecule has 2 aromatic rings. The summed E-state index contributed by atoms with van der Waals surface area (Å²) in [5.74, 6) is 0. The minimum atomic E-state index is -0.297. The number of carbonyl (C=O) groups is 1. The van der Waals surface area contributed by atoms with Gasteiger partial charge in [-0.15, -0.1) is 0 Å². The largest absolute Gasteiger partial charge is 0.394 e. The van der Waals surface area contributed by atoms with Gasteiger partial charge in [0.05, 0.1) is 24.7 Å². The van der Waals surface area contributed by atoms with Crippen molar-refractivity contribution in [3.05, 3.63) is 54.4 Å². The Balaban J connectivity index is 1.56. The minimum Gasteiger partial charge on any atom is -0.394 e. The Kier molecular flexibility index (Phi) is 6.06. The molecular formula is C19H26N4O2. The van der Waals surface area contributed by atoms with E-state index in [1.54, 1.807) is 6.20 Å². The molecule has 1 heterocycles. The number of hydrogen-bond acceptors (Lipinski definition) is 3. The zero-order valence-corrected chi connectivity index (χ0v) is 14.3. The molecule has 25 heavy (non-hydrogen) atoms. The third kappa shape index (κ3) is 4.82. The Morgan fingerprint density at radius 1 is 1.24 bits per heavy atom. The summed E-state index contributed by atoms with van der Waals surface area (Å²) in [5.41, 5.74) is 1.09. The fourth-order valence-electron chi connectivity index (χ4n) is 3.53. The van der Waals surface area contributed by atoms with Crippen LogP contribution in [0.3, 0.4) is 0 Å². The van der Waals surface area contributed by atoms with Crippen LogP contribution in [-0.2, 0) is 6.42 Å². The third-order valence-corrected chi connectivity index (χ3v) is 4.79. The molecule has 1 aromatic carbocycles. The molecular weight excluding hydrogens is 316 g/mol. The van der Waals surface area contributed by atoms with Crippen molar-refractivity contribution in [2.45, 2.75) is 50.2 Å². The van der Waals surface area contributed by atoms with Crippen LogP contribution in [0, 0.1) is 0 Å². The molecule has 2 unspecified atom stereocenters. The number of benzene rings is 1. The van der Waals surface area contributed by atoms with Gasteiger partial charge in [0, 0.05) is 12.4 Å². The van der Waals surface area contributed by atoms with Crippen LogP contribution in [0.15, 0.2) is 48.8 Å². The number of nitrogens with one attached hydrogen (secondary N) is 2. The van der Waals surface area contributed by atoms with Gasteiger partial charge in [0.1, 0.15) is 0 Å². The van der Waals surface area contributed by atoms with E-state index in [1.807, 2.05) is 47.3 Å². The van der Waals surface area contributed by atoms with Gasteiger partial charge in [-0.25, -0.2) is 4.79 Å². The van der Waals surface area contributed by atoms with E-state index >= 15 is 0 Å². The van der Waals surface area contributed by atoms with E-state index in [4.69, 9.17) is 0 Å². The number of rotatable bonds is 6. The second-order valence-corrected chi connectivity index (χ2v) is 6.63. The van der Waals surface area contributed by atoms with Crippen molar-refractivity contribution in [1.82, 2.24) is 20.4 Å². The number of urea groups is 1. The van der Waals surface area contributed by atoms with E-state index in [2.05, 4.69) is 15.7 Å². The van der Waals surface area contributed by atoms with Crippen molar-refractivity contribution in [2.75, 3.05) is 6.61 Å². The molecule has 1 saturated carbocycles. The highest BCUT2D eigenvalue weighted by molar-refractivity contribution is 5.74. The van der Waals surface area contributed by atoms with Crippen LogP contribution in [-0.4, -0.2) is 39.6 Å². The molecule has 6 heteroatoms. The van der Waals surface area contributed by atoms with Gasteiger partial charge in [0.15, 0.2) is 0 Å². The van der Waals surface area contributed by atoms with Crippen LogP contribution < -0.4 is 10.6 Å². The van der Waals surface area contributed by atoms with Crippen molar-refractivity contribution in [2.24, 2.45) is 0 Å². The molecule has 0 spiro atoms. The fraction of sp³-hybridized carbons (Fsp3) is 0.474. The first-order valence-corrected chi connectivity index (χ1v) is 8.97. The summed E-state index contributed by atoms with van der Waals surface area (Å²) in [6.07, 6.45) is 8.55. The monoisotopic (exact) mass is 342 g/mol.